The molecule has 0 amide bonds. The molecule has 1 aromatic carbocycles. The second-order valence-corrected chi connectivity index (χ2v) is 7.11. The fourth-order valence-corrected chi connectivity index (χ4v) is 3.55. The van der Waals surface area contributed by atoms with Gasteiger partial charge in [-0.3, -0.25) is 0 Å². The van der Waals surface area contributed by atoms with E-state index in [1.54, 1.807) is 18.2 Å². The predicted octanol–water partition coefficient (Wildman–Crippen LogP) is 2.65. The summed E-state index contributed by atoms with van der Waals surface area (Å²) in [6.45, 7) is 7.05. The number of benzene rings is 1. The Kier molecular flexibility index (Phi) is 7.19. The Hall–Kier alpha value is -1.24. The summed E-state index contributed by atoms with van der Waals surface area (Å²) in [5.41, 5.74) is 0. The smallest absolute Gasteiger partial charge is 0.240 e. The van der Waals surface area contributed by atoms with Crippen molar-refractivity contribution in [2.45, 2.75) is 49.9 Å². The fraction of sp³-hybridized carbons (Fsp3) is 0.500. The maximum absolute atomic E-state index is 13.4. The number of alkyl halides is 1. The average molecular weight is 329 g/mol. The molecule has 0 aliphatic rings. The van der Waals surface area contributed by atoms with Crippen LogP contribution in [0.5, 0.6) is 0 Å². The molecule has 4 atom stereocenters. The van der Waals surface area contributed by atoms with Crippen LogP contribution in [0.15, 0.2) is 47.9 Å². The van der Waals surface area contributed by atoms with E-state index in [2.05, 4.69) is 11.3 Å². The van der Waals surface area contributed by atoms with Gasteiger partial charge in [0.05, 0.1) is 17.0 Å². The average Bonchev–Trinajstić information content (AvgIpc) is 2.52. The van der Waals surface area contributed by atoms with Crippen LogP contribution in [0.3, 0.4) is 0 Å². The van der Waals surface area contributed by atoms with E-state index in [4.69, 9.17) is 0 Å². The van der Waals surface area contributed by atoms with Crippen LogP contribution >= 0.6 is 0 Å². The number of rotatable bonds is 9. The lowest BCUT2D eigenvalue weighted by molar-refractivity contribution is 0.0853. The first-order chi connectivity index (χ1) is 10.3. The van der Waals surface area contributed by atoms with Gasteiger partial charge in [0.1, 0.15) is 6.17 Å². The number of hydrogen-bond donors (Lipinski definition) is 2. The van der Waals surface area contributed by atoms with Gasteiger partial charge in [-0.1, -0.05) is 44.5 Å². The topological polar surface area (TPSA) is 66.4 Å². The van der Waals surface area contributed by atoms with Crippen molar-refractivity contribution in [1.29, 1.82) is 0 Å². The van der Waals surface area contributed by atoms with Crippen molar-refractivity contribution >= 4 is 10.0 Å². The number of nitrogens with one attached hydrogen (secondary N) is 1. The minimum Gasteiger partial charge on any atom is -0.391 e. The van der Waals surface area contributed by atoms with E-state index < -0.39 is 28.3 Å². The maximum atomic E-state index is 13.4. The van der Waals surface area contributed by atoms with E-state index in [9.17, 15) is 17.9 Å². The first-order valence-electron chi connectivity index (χ1n) is 7.33. The summed E-state index contributed by atoms with van der Waals surface area (Å²) in [5.74, 6) is -0.134. The van der Waals surface area contributed by atoms with Gasteiger partial charge in [0.15, 0.2) is 0 Å². The highest BCUT2D eigenvalue weighted by atomic mass is 32.2. The number of sulfonamides is 1. The zero-order valence-electron chi connectivity index (χ0n) is 12.9. The number of allylic oxidation sites excluding steroid dienone is 1. The third-order valence-electron chi connectivity index (χ3n) is 3.74. The first-order valence-corrected chi connectivity index (χ1v) is 8.82. The van der Waals surface area contributed by atoms with Gasteiger partial charge in [-0.15, -0.1) is 6.58 Å². The molecule has 0 spiro atoms. The standard InChI is InChI=1S/C16H24FNO3S/c1-4-12(3)16(15(19)11-13(17)5-2)18-22(20,21)14-9-7-6-8-10-14/h5-10,12-13,15-16,18-19H,2,4,11H2,1,3H3/t12-,13?,15-,16-/m0/s1. The highest BCUT2D eigenvalue weighted by molar-refractivity contribution is 7.89. The van der Waals surface area contributed by atoms with E-state index in [1.165, 1.54) is 12.1 Å². The lowest BCUT2D eigenvalue weighted by Gasteiger charge is -2.29. The number of aliphatic hydroxyl groups is 1. The SMILES string of the molecule is C=CC(F)C[C@H](O)[C@@H](NS(=O)(=O)c1ccccc1)[C@@H](C)CC. The van der Waals surface area contributed by atoms with Crippen molar-refractivity contribution < 1.29 is 17.9 Å². The van der Waals surface area contributed by atoms with Crippen LogP contribution in [0.2, 0.25) is 0 Å². The molecule has 4 nitrogen and oxygen atoms in total. The van der Waals surface area contributed by atoms with Crippen LogP contribution in [0.4, 0.5) is 4.39 Å². The summed E-state index contributed by atoms with van der Waals surface area (Å²) in [4.78, 5) is 0.121. The van der Waals surface area contributed by atoms with Crippen molar-refractivity contribution in [1.82, 2.24) is 4.72 Å². The molecule has 0 saturated carbocycles. The number of hydrogen-bond acceptors (Lipinski definition) is 3. The van der Waals surface area contributed by atoms with Gasteiger partial charge >= 0.3 is 0 Å². The normalized spacial score (nSPS) is 17.5. The van der Waals surface area contributed by atoms with E-state index in [0.717, 1.165) is 6.08 Å². The van der Waals surface area contributed by atoms with E-state index >= 15 is 0 Å². The summed E-state index contributed by atoms with van der Waals surface area (Å²) in [7, 11) is -3.76. The molecule has 1 unspecified atom stereocenters. The van der Waals surface area contributed by atoms with Crippen LogP contribution in [0.1, 0.15) is 26.7 Å². The minimum atomic E-state index is -3.76. The van der Waals surface area contributed by atoms with Gasteiger partial charge in [-0.2, -0.15) is 0 Å². The molecule has 1 aromatic rings. The number of halogens is 1. The Bertz CT molecular complexity index is 562. The molecule has 2 N–H and O–H groups in total. The Labute approximate surface area is 132 Å². The van der Waals surface area contributed by atoms with Gasteiger partial charge in [-0.25, -0.2) is 17.5 Å². The third-order valence-corrected chi connectivity index (χ3v) is 5.21. The van der Waals surface area contributed by atoms with Gasteiger partial charge in [-0.05, 0) is 18.1 Å². The van der Waals surface area contributed by atoms with Crippen LogP contribution in [0.25, 0.3) is 0 Å². The molecule has 0 aliphatic heterocycles. The minimum absolute atomic E-state index is 0.121. The molecule has 0 saturated heterocycles. The summed E-state index contributed by atoms with van der Waals surface area (Å²) >= 11 is 0. The molecule has 6 heteroatoms. The summed E-state index contributed by atoms with van der Waals surface area (Å²) in [5, 5.41) is 10.2. The molecular weight excluding hydrogens is 305 g/mol. The molecular formula is C16H24FNO3S. The largest absolute Gasteiger partial charge is 0.391 e. The third kappa shape index (κ3) is 5.19. The zero-order chi connectivity index (χ0) is 16.8. The van der Waals surface area contributed by atoms with Crippen LogP contribution in [-0.4, -0.2) is 31.8 Å². The molecule has 0 bridgehead atoms. The van der Waals surface area contributed by atoms with Crippen LogP contribution in [0, 0.1) is 5.92 Å². The first kappa shape index (κ1) is 18.8. The fourth-order valence-electron chi connectivity index (χ4n) is 2.15. The Morgan fingerprint density at radius 2 is 1.95 bits per heavy atom. The second kappa shape index (κ2) is 8.41. The lowest BCUT2D eigenvalue weighted by atomic mass is 9.92. The summed E-state index contributed by atoms with van der Waals surface area (Å²) in [6.07, 6.45) is -0.924. The summed E-state index contributed by atoms with van der Waals surface area (Å²) in [6, 6.07) is 7.16. The molecule has 1 rings (SSSR count). The monoisotopic (exact) mass is 329 g/mol. The highest BCUT2D eigenvalue weighted by Gasteiger charge is 2.30. The number of aliphatic hydroxyl groups excluding tert-OH is 1. The predicted molar refractivity (Wildman–Crippen MR) is 85.7 cm³/mol. The van der Waals surface area contributed by atoms with E-state index in [0.29, 0.717) is 6.42 Å². The zero-order valence-corrected chi connectivity index (χ0v) is 13.8. The van der Waals surface area contributed by atoms with Crippen molar-refractivity contribution in [2.75, 3.05) is 0 Å². The van der Waals surface area contributed by atoms with Crippen molar-refractivity contribution in [3.63, 3.8) is 0 Å². The highest BCUT2D eigenvalue weighted by Crippen LogP contribution is 2.19. The Morgan fingerprint density at radius 3 is 2.45 bits per heavy atom. The molecule has 0 heterocycles. The van der Waals surface area contributed by atoms with Crippen molar-refractivity contribution in [3.8, 4) is 0 Å². The lowest BCUT2D eigenvalue weighted by Crippen LogP contribution is -2.48. The molecule has 0 fully saturated rings. The van der Waals surface area contributed by atoms with E-state index in [-0.39, 0.29) is 17.2 Å². The molecule has 22 heavy (non-hydrogen) atoms. The van der Waals surface area contributed by atoms with Crippen LogP contribution < -0.4 is 4.72 Å². The maximum Gasteiger partial charge on any atom is 0.240 e. The van der Waals surface area contributed by atoms with Gasteiger partial charge in [0, 0.05) is 6.42 Å². The van der Waals surface area contributed by atoms with Gasteiger partial charge in [0.25, 0.3) is 0 Å². The van der Waals surface area contributed by atoms with Crippen molar-refractivity contribution in [2.24, 2.45) is 5.92 Å². The van der Waals surface area contributed by atoms with Gasteiger partial charge < -0.3 is 5.11 Å². The summed E-state index contributed by atoms with van der Waals surface area (Å²) < 4.78 is 40.7. The Morgan fingerprint density at radius 1 is 1.36 bits per heavy atom. The van der Waals surface area contributed by atoms with Crippen molar-refractivity contribution in [3.05, 3.63) is 43.0 Å². The van der Waals surface area contributed by atoms with Crippen LogP contribution in [-0.2, 0) is 10.0 Å². The van der Waals surface area contributed by atoms with E-state index in [1.807, 2.05) is 13.8 Å². The second-order valence-electron chi connectivity index (χ2n) is 5.40. The molecule has 0 radical (unpaired) electrons. The molecule has 124 valence electrons. The van der Waals surface area contributed by atoms with Gasteiger partial charge in [0.2, 0.25) is 10.0 Å². The molecule has 0 aromatic heterocycles. The molecule has 0 aliphatic carbocycles. The Balaban J connectivity index is 2.96. The quantitative estimate of drug-likeness (QED) is 0.685.